The normalized spacial score (nSPS) is 18.9. The lowest BCUT2D eigenvalue weighted by molar-refractivity contribution is -0.117. The summed E-state index contributed by atoms with van der Waals surface area (Å²) in [7, 11) is 0. The van der Waals surface area contributed by atoms with Crippen molar-refractivity contribution in [1.29, 1.82) is 5.26 Å². The number of furan rings is 1. The first-order chi connectivity index (χ1) is 14.1. The third-order valence-corrected chi connectivity index (χ3v) is 6.02. The van der Waals surface area contributed by atoms with E-state index in [0.717, 1.165) is 56.0 Å². The highest BCUT2D eigenvalue weighted by Gasteiger charge is 2.33. The molecule has 0 radical (unpaired) electrons. The van der Waals surface area contributed by atoms with Crippen molar-refractivity contribution in [3.05, 3.63) is 41.0 Å². The van der Waals surface area contributed by atoms with Gasteiger partial charge in [-0.25, -0.2) is 0 Å². The molecule has 4 rings (SSSR count). The van der Waals surface area contributed by atoms with E-state index >= 15 is 0 Å². The smallest absolute Gasteiger partial charge is 0.239 e. The largest absolute Gasteiger partial charge is 0.467 e. The molecule has 1 unspecified atom stereocenters. The molecule has 1 saturated heterocycles. The van der Waals surface area contributed by atoms with Gasteiger partial charge in [-0.05, 0) is 56.7 Å². The van der Waals surface area contributed by atoms with E-state index in [1.165, 1.54) is 0 Å². The number of nitrogens with zero attached hydrogens (tertiary/aromatic N) is 3. The lowest BCUT2D eigenvalue weighted by Gasteiger charge is -2.24. The van der Waals surface area contributed by atoms with Gasteiger partial charge in [0.15, 0.2) is 0 Å². The molecule has 0 aromatic carbocycles. The number of nitrogens with one attached hydrogen (secondary N) is 1. The van der Waals surface area contributed by atoms with Crippen LogP contribution in [-0.2, 0) is 16.1 Å². The van der Waals surface area contributed by atoms with Crippen LogP contribution in [0, 0.1) is 31.1 Å². The van der Waals surface area contributed by atoms with Crippen molar-refractivity contribution < 1.29 is 13.9 Å². The Morgan fingerprint density at radius 2 is 2.21 bits per heavy atom. The molecule has 2 fully saturated rings. The van der Waals surface area contributed by atoms with Gasteiger partial charge in [0.05, 0.1) is 31.5 Å². The quantitative estimate of drug-likeness (QED) is 0.741. The minimum Gasteiger partial charge on any atom is -0.467 e. The number of aromatic nitrogens is 1. The van der Waals surface area contributed by atoms with Crippen LogP contribution in [0.15, 0.2) is 22.8 Å². The fourth-order valence-corrected chi connectivity index (χ4v) is 4.08. The van der Waals surface area contributed by atoms with Crippen LogP contribution >= 0.6 is 0 Å². The molecule has 1 amide bonds. The molecule has 29 heavy (non-hydrogen) atoms. The maximum absolute atomic E-state index is 12.9. The molecule has 7 heteroatoms. The Morgan fingerprint density at radius 3 is 2.83 bits per heavy atom. The highest BCUT2D eigenvalue weighted by molar-refractivity contribution is 5.93. The van der Waals surface area contributed by atoms with Crippen LogP contribution in [-0.4, -0.2) is 47.7 Å². The molecule has 2 aromatic heterocycles. The average Bonchev–Trinajstić information content (AvgIpc) is 3.10. The number of ether oxygens (including phenoxy) is 1. The number of rotatable bonds is 8. The minimum atomic E-state index is -0.0782. The molecule has 0 spiro atoms. The third kappa shape index (κ3) is 4.39. The maximum atomic E-state index is 12.9. The summed E-state index contributed by atoms with van der Waals surface area (Å²) < 4.78 is 12.9. The highest BCUT2D eigenvalue weighted by atomic mass is 16.5. The van der Waals surface area contributed by atoms with Crippen molar-refractivity contribution >= 4 is 11.7 Å². The summed E-state index contributed by atoms with van der Waals surface area (Å²) in [5.74, 6) is 1.77. The Balaban J connectivity index is 1.50. The Morgan fingerprint density at radius 1 is 1.38 bits per heavy atom. The monoisotopic (exact) mass is 396 g/mol. The Kier molecular flexibility index (Phi) is 5.74. The van der Waals surface area contributed by atoms with Crippen LogP contribution in [0.3, 0.4) is 0 Å². The number of nitriles is 1. The van der Waals surface area contributed by atoms with E-state index in [-0.39, 0.29) is 5.91 Å². The molecular weight excluding hydrogens is 368 g/mol. The van der Waals surface area contributed by atoms with Crippen LogP contribution in [0.1, 0.15) is 41.8 Å². The fourth-order valence-electron chi connectivity index (χ4n) is 4.08. The van der Waals surface area contributed by atoms with Gasteiger partial charge in [-0.1, -0.05) is 0 Å². The van der Waals surface area contributed by atoms with Crippen LogP contribution in [0.2, 0.25) is 0 Å². The fraction of sp³-hybridized carbons (Fsp3) is 0.545. The average molecular weight is 396 g/mol. The number of hydrogen-bond donors (Lipinski definition) is 1. The highest BCUT2D eigenvalue weighted by Crippen LogP contribution is 2.30. The molecule has 1 saturated carbocycles. The number of amides is 1. The first-order valence-electron chi connectivity index (χ1n) is 10.3. The molecule has 7 nitrogen and oxygen atoms in total. The van der Waals surface area contributed by atoms with Crippen molar-refractivity contribution in [2.24, 2.45) is 5.92 Å². The summed E-state index contributed by atoms with van der Waals surface area (Å²) in [6, 6.07) is 6.49. The molecular formula is C22H28N4O3. The van der Waals surface area contributed by atoms with Crippen molar-refractivity contribution in [3.63, 3.8) is 0 Å². The van der Waals surface area contributed by atoms with E-state index in [2.05, 4.69) is 16.3 Å². The second kappa shape index (κ2) is 8.44. The van der Waals surface area contributed by atoms with Gasteiger partial charge >= 0.3 is 0 Å². The molecule has 3 heterocycles. The molecule has 1 atom stereocenters. The Labute approximate surface area is 171 Å². The van der Waals surface area contributed by atoms with Gasteiger partial charge in [-0.15, -0.1) is 0 Å². The number of anilines is 1. The van der Waals surface area contributed by atoms with Gasteiger partial charge in [0.2, 0.25) is 5.91 Å². The van der Waals surface area contributed by atoms with E-state index in [9.17, 15) is 10.1 Å². The number of carbonyl (C=O) groups excluding carboxylic acids is 1. The van der Waals surface area contributed by atoms with Gasteiger partial charge in [0.25, 0.3) is 0 Å². The topological polar surface area (TPSA) is 83.4 Å². The van der Waals surface area contributed by atoms with E-state index in [1.807, 2.05) is 30.5 Å². The van der Waals surface area contributed by atoms with Crippen molar-refractivity contribution in [1.82, 2.24) is 9.47 Å². The van der Waals surface area contributed by atoms with Gasteiger partial charge < -0.3 is 19.0 Å². The second-order valence-corrected chi connectivity index (χ2v) is 8.15. The predicted octanol–water partition coefficient (Wildman–Crippen LogP) is 3.06. The summed E-state index contributed by atoms with van der Waals surface area (Å²) in [5.41, 5.74) is 2.36. The Hall–Kier alpha value is -2.56. The van der Waals surface area contributed by atoms with Crippen LogP contribution in [0.4, 0.5) is 5.82 Å². The van der Waals surface area contributed by atoms with E-state index in [4.69, 9.17) is 9.15 Å². The zero-order valence-electron chi connectivity index (χ0n) is 17.1. The Bertz CT molecular complexity index is 900. The predicted molar refractivity (Wildman–Crippen MR) is 109 cm³/mol. The maximum Gasteiger partial charge on any atom is 0.239 e. The van der Waals surface area contributed by atoms with Crippen LogP contribution in [0.5, 0.6) is 0 Å². The lowest BCUT2D eigenvalue weighted by Crippen LogP contribution is -2.38. The second-order valence-electron chi connectivity index (χ2n) is 8.15. The standard InChI is InChI=1S/C22H28N4O3/c1-15-16(2)26(12-19-4-3-8-29-19)22(20(15)10-23)24-21(27)13-25(18-5-6-18)11-17-7-9-28-14-17/h3-4,8,17-18H,5-7,9,11-14H2,1-2H3,(H,24,27). The first-order valence-corrected chi connectivity index (χ1v) is 10.3. The molecule has 2 aromatic rings. The van der Waals surface area contributed by atoms with Crippen molar-refractivity contribution in [3.8, 4) is 6.07 Å². The summed E-state index contributed by atoms with van der Waals surface area (Å²) in [6.45, 7) is 7.20. The molecule has 154 valence electrons. The third-order valence-electron chi connectivity index (χ3n) is 6.02. The molecule has 1 aliphatic carbocycles. The number of hydrogen-bond acceptors (Lipinski definition) is 5. The van der Waals surface area contributed by atoms with Crippen molar-refractivity contribution in [2.75, 3.05) is 31.6 Å². The van der Waals surface area contributed by atoms with Crippen molar-refractivity contribution in [2.45, 2.75) is 45.7 Å². The number of carbonyl (C=O) groups is 1. The summed E-state index contributed by atoms with van der Waals surface area (Å²) in [5, 5.41) is 12.7. The van der Waals surface area contributed by atoms with Gasteiger partial charge in [-0.3, -0.25) is 9.69 Å². The first kappa shape index (κ1) is 19.7. The van der Waals surface area contributed by atoms with E-state index in [1.54, 1.807) is 6.26 Å². The van der Waals surface area contributed by atoms with Gasteiger partial charge in [0.1, 0.15) is 17.6 Å². The minimum absolute atomic E-state index is 0.0782. The molecule has 1 N–H and O–H groups in total. The zero-order valence-corrected chi connectivity index (χ0v) is 17.1. The van der Waals surface area contributed by atoms with Crippen LogP contribution in [0.25, 0.3) is 0 Å². The SMILES string of the molecule is Cc1c(C#N)c(NC(=O)CN(CC2CCOC2)C2CC2)n(Cc2ccco2)c1C. The molecule has 2 aliphatic rings. The summed E-state index contributed by atoms with van der Waals surface area (Å²) in [4.78, 5) is 15.2. The van der Waals surface area contributed by atoms with Gasteiger partial charge in [-0.2, -0.15) is 5.26 Å². The lowest BCUT2D eigenvalue weighted by atomic mass is 10.1. The van der Waals surface area contributed by atoms with E-state index in [0.29, 0.717) is 36.4 Å². The summed E-state index contributed by atoms with van der Waals surface area (Å²) >= 11 is 0. The van der Waals surface area contributed by atoms with Crippen LogP contribution < -0.4 is 5.32 Å². The molecule has 0 bridgehead atoms. The zero-order chi connectivity index (χ0) is 20.4. The summed E-state index contributed by atoms with van der Waals surface area (Å²) in [6.07, 6.45) is 4.99. The van der Waals surface area contributed by atoms with Gasteiger partial charge in [0, 0.05) is 24.9 Å². The van der Waals surface area contributed by atoms with E-state index < -0.39 is 0 Å². The molecule has 1 aliphatic heterocycles.